The van der Waals surface area contributed by atoms with Gasteiger partial charge in [0.05, 0.1) is 6.61 Å². The molecule has 1 N–H and O–H groups in total. The van der Waals surface area contributed by atoms with Gasteiger partial charge >= 0.3 is 0 Å². The van der Waals surface area contributed by atoms with Crippen molar-refractivity contribution in [3.05, 3.63) is 0 Å². The lowest BCUT2D eigenvalue weighted by atomic mass is 9.72. The molecule has 2 heterocycles. The van der Waals surface area contributed by atoms with Crippen LogP contribution >= 0.6 is 0 Å². The van der Waals surface area contributed by atoms with Gasteiger partial charge in [-0.1, -0.05) is 0 Å². The van der Waals surface area contributed by atoms with E-state index in [4.69, 9.17) is 9.47 Å². The van der Waals surface area contributed by atoms with Crippen molar-refractivity contribution < 1.29 is 9.47 Å². The van der Waals surface area contributed by atoms with Crippen molar-refractivity contribution in [2.75, 3.05) is 40.0 Å². The maximum absolute atomic E-state index is 5.41. The van der Waals surface area contributed by atoms with E-state index >= 15 is 0 Å². The summed E-state index contributed by atoms with van der Waals surface area (Å²) < 4.78 is 10.7. The van der Waals surface area contributed by atoms with Gasteiger partial charge in [-0.2, -0.15) is 0 Å². The fourth-order valence-electron chi connectivity index (χ4n) is 2.66. The third kappa shape index (κ3) is 1.73. The van der Waals surface area contributed by atoms with Crippen LogP contribution in [-0.2, 0) is 9.47 Å². The first kappa shape index (κ1) is 9.44. The molecule has 0 bridgehead atoms. The van der Waals surface area contributed by atoms with Gasteiger partial charge in [0.2, 0.25) is 0 Å². The second kappa shape index (κ2) is 3.95. The highest BCUT2D eigenvalue weighted by Crippen LogP contribution is 2.40. The summed E-state index contributed by atoms with van der Waals surface area (Å²) in [6, 6.07) is 0. The van der Waals surface area contributed by atoms with Crippen LogP contribution in [0.2, 0.25) is 0 Å². The molecule has 0 aromatic carbocycles. The molecule has 1 spiro atoms. The first-order chi connectivity index (χ1) is 6.37. The fourth-order valence-corrected chi connectivity index (χ4v) is 2.66. The van der Waals surface area contributed by atoms with Crippen LogP contribution in [0.4, 0.5) is 0 Å². The molecule has 2 aliphatic heterocycles. The van der Waals surface area contributed by atoms with Crippen molar-refractivity contribution in [3.8, 4) is 0 Å². The van der Waals surface area contributed by atoms with E-state index in [9.17, 15) is 0 Å². The molecule has 2 rings (SSSR count). The number of rotatable bonds is 2. The molecular formula is C10H19NO2. The van der Waals surface area contributed by atoms with Crippen LogP contribution < -0.4 is 5.32 Å². The monoisotopic (exact) mass is 185 g/mol. The summed E-state index contributed by atoms with van der Waals surface area (Å²) in [5, 5.41) is 3.48. The lowest BCUT2D eigenvalue weighted by Crippen LogP contribution is -2.38. The van der Waals surface area contributed by atoms with Crippen LogP contribution in [0.15, 0.2) is 0 Å². The molecule has 76 valence electrons. The van der Waals surface area contributed by atoms with Crippen LogP contribution in [0.3, 0.4) is 0 Å². The van der Waals surface area contributed by atoms with E-state index < -0.39 is 0 Å². The Morgan fingerprint density at radius 3 is 2.92 bits per heavy atom. The predicted molar refractivity (Wildman–Crippen MR) is 50.7 cm³/mol. The topological polar surface area (TPSA) is 30.5 Å². The Morgan fingerprint density at radius 1 is 1.46 bits per heavy atom. The maximum Gasteiger partial charge on any atom is 0.0508 e. The minimum absolute atomic E-state index is 0.480. The Labute approximate surface area is 79.8 Å². The summed E-state index contributed by atoms with van der Waals surface area (Å²) in [4.78, 5) is 0. The highest BCUT2D eigenvalue weighted by Gasteiger charge is 2.43. The van der Waals surface area contributed by atoms with Crippen molar-refractivity contribution in [1.82, 2.24) is 5.32 Å². The van der Waals surface area contributed by atoms with E-state index in [0.717, 1.165) is 32.9 Å². The first-order valence-electron chi connectivity index (χ1n) is 5.15. The molecule has 2 aliphatic rings. The molecular weight excluding hydrogens is 166 g/mol. The van der Waals surface area contributed by atoms with Crippen LogP contribution in [0.25, 0.3) is 0 Å². The van der Waals surface area contributed by atoms with Crippen LogP contribution in [0.5, 0.6) is 0 Å². The van der Waals surface area contributed by atoms with Crippen molar-refractivity contribution in [2.45, 2.75) is 12.8 Å². The van der Waals surface area contributed by atoms with E-state index in [1.807, 2.05) is 0 Å². The normalized spacial score (nSPS) is 32.5. The molecule has 2 saturated heterocycles. The van der Waals surface area contributed by atoms with Crippen LogP contribution in [0.1, 0.15) is 12.8 Å². The van der Waals surface area contributed by atoms with Gasteiger partial charge in [0.15, 0.2) is 0 Å². The van der Waals surface area contributed by atoms with Gasteiger partial charge in [0, 0.05) is 39.3 Å². The predicted octanol–water partition coefficient (Wildman–Crippen LogP) is 0.649. The second-order valence-corrected chi connectivity index (χ2v) is 4.26. The number of ether oxygens (including phenoxy) is 2. The van der Waals surface area contributed by atoms with Gasteiger partial charge in [-0.05, 0) is 18.3 Å². The minimum atomic E-state index is 0.480. The third-order valence-electron chi connectivity index (χ3n) is 3.59. The van der Waals surface area contributed by atoms with Gasteiger partial charge in [-0.15, -0.1) is 0 Å². The van der Waals surface area contributed by atoms with Gasteiger partial charge in [0.25, 0.3) is 0 Å². The summed E-state index contributed by atoms with van der Waals surface area (Å²) in [5.41, 5.74) is 0.480. The lowest BCUT2D eigenvalue weighted by molar-refractivity contribution is -0.0155. The summed E-state index contributed by atoms with van der Waals surface area (Å²) in [7, 11) is 1.80. The Kier molecular flexibility index (Phi) is 2.86. The van der Waals surface area contributed by atoms with Crippen LogP contribution in [0, 0.1) is 11.3 Å². The Bertz CT molecular complexity index is 166. The van der Waals surface area contributed by atoms with Crippen molar-refractivity contribution >= 4 is 0 Å². The number of hydrogen-bond donors (Lipinski definition) is 1. The largest absolute Gasteiger partial charge is 0.384 e. The average Bonchev–Trinajstić information content (AvgIpc) is 2.52. The van der Waals surface area contributed by atoms with Crippen LogP contribution in [-0.4, -0.2) is 40.0 Å². The molecule has 3 nitrogen and oxygen atoms in total. The molecule has 0 aromatic rings. The Morgan fingerprint density at radius 2 is 2.23 bits per heavy atom. The molecule has 1 atom stereocenters. The zero-order chi connectivity index (χ0) is 9.15. The van der Waals surface area contributed by atoms with Crippen molar-refractivity contribution in [1.29, 1.82) is 0 Å². The summed E-state index contributed by atoms with van der Waals surface area (Å²) >= 11 is 0. The standard InChI is InChI=1S/C10H19NO2/c1-12-7-9-6-11-8-10(9)2-4-13-5-3-10/h9,11H,2-8H2,1H3/t9-/m1/s1. The quantitative estimate of drug-likeness (QED) is 0.685. The zero-order valence-electron chi connectivity index (χ0n) is 8.34. The highest BCUT2D eigenvalue weighted by atomic mass is 16.5. The first-order valence-corrected chi connectivity index (χ1v) is 5.15. The van der Waals surface area contributed by atoms with Crippen molar-refractivity contribution in [2.24, 2.45) is 11.3 Å². The maximum atomic E-state index is 5.41. The molecule has 3 heteroatoms. The van der Waals surface area contributed by atoms with Gasteiger partial charge in [-0.3, -0.25) is 0 Å². The minimum Gasteiger partial charge on any atom is -0.384 e. The lowest BCUT2D eigenvalue weighted by Gasteiger charge is -2.37. The molecule has 0 unspecified atom stereocenters. The molecule has 2 fully saturated rings. The fraction of sp³-hybridized carbons (Fsp3) is 1.00. The second-order valence-electron chi connectivity index (χ2n) is 4.26. The SMILES string of the molecule is COC[C@H]1CNCC12CCOCC2. The van der Waals surface area contributed by atoms with E-state index in [0.29, 0.717) is 11.3 Å². The van der Waals surface area contributed by atoms with Gasteiger partial charge < -0.3 is 14.8 Å². The van der Waals surface area contributed by atoms with Gasteiger partial charge in [-0.25, -0.2) is 0 Å². The molecule has 0 amide bonds. The average molecular weight is 185 g/mol. The third-order valence-corrected chi connectivity index (χ3v) is 3.59. The summed E-state index contributed by atoms with van der Waals surface area (Å²) in [6.07, 6.45) is 2.40. The Balaban J connectivity index is 2.00. The number of nitrogens with one attached hydrogen (secondary N) is 1. The molecule has 0 aromatic heterocycles. The van der Waals surface area contributed by atoms with E-state index in [1.165, 1.54) is 12.8 Å². The number of methoxy groups -OCH3 is 1. The Hall–Kier alpha value is -0.120. The number of hydrogen-bond acceptors (Lipinski definition) is 3. The molecule has 0 aliphatic carbocycles. The zero-order valence-corrected chi connectivity index (χ0v) is 8.34. The van der Waals surface area contributed by atoms with Crippen molar-refractivity contribution in [3.63, 3.8) is 0 Å². The molecule has 0 saturated carbocycles. The summed E-state index contributed by atoms with van der Waals surface area (Å²) in [6.45, 7) is 5.04. The highest BCUT2D eigenvalue weighted by molar-refractivity contribution is 4.96. The van der Waals surface area contributed by atoms with E-state index in [1.54, 1.807) is 7.11 Å². The van der Waals surface area contributed by atoms with E-state index in [-0.39, 0.29) is 0 Å². The smallest absolute Gasteiger partial charge is 0.0508 e. The van der Waals surface area contributed by atoms with E-state index in [2.05, 4.69) is 5.32 Å². The molecule has 13 heavy (non-hydrogen) atoms. The molecule has 0 radical (unpaired) electrons. The van der Waals surface area contributed by atoms with Gasteiger partial charge in [0.1, 0.15) is 0 Å². The summed E-state index contributed by atoms with van der Waals surface area (Å²) in [5.74, 6) is 0.696.